The maximum Gasteiger partial charge on any atom is 0.191 e. The Balaban J connectivity index is 0.00000200. The van der Waals surface area contributed by atoms with Crippen molar-refractivity contribution in [2.24, 2.45) is 4.99 Å². The van der Waals surface area contributed by atoms with Crippen molar-refractivity contribution in [3.8, 4) is 0 Å². The Bertz CT molecular complexity index is 446. The zero-order valence-corrected chi connectivity index (χ0v) is 15.6. The molecule has 1 aliphatic heterocycles. The molecule has 1 aromatic rings. The fourth-order valence-electron chi connectivity index (χ4n) is 1.85. The number of rotatable bonds is 4. The molecule has 0 saturated carbocycles. The molecular weight excluding hydrogens is 407 g/mol. The average molecular weight is 428 g/mol. The van der Waals surface area contributed by atoms with Gasteiger partial charge in [-0.15, -0.1) is 35.3 Å². The van der Waals surface area contributed by atoms with Crippen LogP contribution in [-0.4, -0.2) is 46.7 Å². The molecule has 0 amide bonds. The van der Waals surface area contributed by atoms with Gasteiger partial charge >= 0.3 is 0 Å². The summed E-state index contributed by atoms with van der Waals surface area (Å²) in [5, 5.41) is 19.7. The summed E-state index contributed by atoms with van der Waals surface area (Å²) >= 11 is 3.43. The maximum absolute atomic E-state index is 10.2. The number of aliphatic imine (C=N–C) groups is 1. The number of aromatic nitrogens is 1. The van der Waals surface area contributed by atoms with Gasteiger partial charge in [-0.3, -0.25) is 4.99 Å². The lowest BCUT2D eigenvalue weighted by atomic mass is 10.0. The molecule has 1 unspecified atom stereocenters. The van der Waals surface area contributed by atoms with Crippen LogP contribution in [0, 0.1) is 6.92 Å². The summed E-state index contributed by atoms with van der Waals surface area (Å²) < 4.78 is 0. The van der Waals surface area contributed by atoms with E-state index in [2.05, 4.69) is 20.6 Å². The highest BCUT2D eigenvalue weighted by atomic mass is 127. The van der Waals surface area contributed by atoms with Gasteiger partial charge in [-0.1, -0.05) is 0 Å². The lowest BCUT2D eigenvalue weighted by Gasteiger charge is -2.23. The molecule has 0 bridgehead atoms. The smallest absolute Gasteiger partial charge is 0.191 e. The molecular formula is C12H21IN4OS2. The van der Waals surface area contributed by atoms with Crippen molar-refractivity contribution in [1.82, 2.24) is 15.6 Å². The van der Waals surface area contributed by atoms with Crippen molar-refractivity contribution in [2.45, 2.75) is 25.5 Å². The van der Waals surface area contributed by atoms with E-state index in [1.807, 2.05) is 12.3 Å². The number of hydrogen-bond acceptors (Lipinski definition) is 5. The second kappa shape index (κ2) is 8.40. The third-order valence-electron chi connectivity index (χ3n) is 2.96. The quantitative estimate of drug-likeness (QED) is 0.386. The first kappa shape index (κ1) is 18.0. The zero-order chi connectivity index (χ0) is 13.7. The maximum atomic E-state index is 10.2. The number of nitrogens with zero attached hydrogens (tertiary/aromatic N) is 2. The van der Waals surface area contributed by atoms with E-state index in [0.717, 1.165) is 28.6 Å². The van der Waals surface area contributed by atoms with Gasteiger partial charge in [0, 0.05) is 30.4 Å². The first-order valence-corrected chi connectivity index (χ1v) is 8.30. The monoisotopic (exact) mass is 428 g/mol. The van der Waals surface area contributed by atoms with Gasteiger partial charge in [0.25, 0.3) is 0 Å². The van der Waals surface area contributed by atoms with Gasteiger partial charge in [-0.2, -0.15) is 11.8 Å². The van der Waals surface area contributed by atoms with E-state index in [1.54, 1.807) is 30.1 Å². The third kappa shape index (κ3) is 5.38. The average Bonchev–Trinajstić information content (AvgIpc) is 2.99. The number of guanidine groups is 1. The van der Waals surface area contributed by atoms with E-state index in [0.29, 0.717) is 19.0 Å². The van der Waals surface area contributed by atoms with Crippen molar-refractivity contribution < 1.29 is 5.11 Å². The molecule has 1 fully saturated rings. The number of halogens is 1. The van der Waals surface area contributed by atoms with Crippen LogP contribution < -0.4 is 10.6 Å². The lowest BCUT2D eigenvalue weighted by molar-refractivity contribution is 0.0724. The topological polar surface area (TPSA) is 69.5 Å². The molecule has 0 aliphatic carbocycles. The number of hydrogen-bond donors (Lipinski definition) is 3. The summed E-state index contributed by atoms with van der Waals surface area (Å²) in [7, 11) is 1.73. The third-order valence-corrected chi connectivity index (χ3v) is 5.17. The van der Waals surface area contributed by atoms with Crippen LogP contribution in [0.4, 0.5) is 0 Å². The molecule has 0 aromatic carbocycles. The first-order chi connectivity index (χ1) is 9.11. The molecule has 8 heteroatoms. The van der Waals surface area contributed by atoms with Crippen LogP contribution in [0.3, 0.4) is 0 Å². The Morgan fingerprint density at radius 3 is 2.90 bits per heavy atom. The number of thiazole rings is 1. The van der Waals surface area contributed by atoms with Gasteiger partial charge in [0.1, 0.15) is 5.01 Å². The Morgan fingerprint density at radius 2 is 2.35 bits per heavy atom. The molecule has 3 N–H and O–H groups in total. The Kier molecular flexibility index (Phi) is 7.56. The predicted octanol–water partition coefficient (Wildman–Crippen LogP) is 1.60. The molecule has 20 heavy (non-hydrogen) atoms. The minimum absolute atomic E-state index is 0. The summed E-state index contributed by atoms with van der Waals surface area (Å²) in [4.78, 5) is 8.54. The van der Waals surface area contributed by atoms with Gasteiger partial charge in [0.15, 0.2) is 5.96 Å². The van der Waals surface area contributed by atoms with Crippen LogP contribution in [0.25, 0.3) is 0 Å². The van der Waals surface area contributed by atoms with Crippen molar-refractivity contribution >= 4 is 53.0 Å². The largest absolute Gasteiger partial charge is 0.387 e. The lowest BCUT2D eigenvalue weighted by Crippen LogP contribution is -2.47. The van der Waals surface area contributed by atoms with Crippen LogP contribution >= 0.6 is 47.1 Å². The SMILES string of the molecule is CN=C(NCc1nc(C)cs1)NCC1(O)CCSC1.I. The molecule has 2 heterocycles. The van der Waals surface area contributed by atoms with Crippen LogP contribution in [-0.2, 0) is 6.54 Å². The molecule has 5 nitrogen and oxygen atoms in total. The van der Waals surface area contributed by atoms with E-state index in [-0.39, 0.29) is 24.0 Å². The molecule has 1 aromatic heterocycles. The fourth-order valence-corrected chi connectivity index (χ4v) is 3.85. The highest BCUT2D eigenvalue weighted by Gasteiger charge is 2.31. The molecule has 114 valence electrons. The summed E-state index contributed by atoms with van der Waals surface area (Å²) in [6, 6.07) is 0. The van der Waals surface area contributed by atoms with E-state index in [9.17, 15) is 5.11 Å². The molecule has 0 spiro atoms. The zero-order valence-electron chi connectivity index (χ0n) is 11.7. The number of aliphatic hydroxyl groups is 1. The number of nitrogens with one attached hydrogen (secondary N) is 2. The predicted molar refractivity (Wildman–Crippen MR) is 97.4 cm³/mol. The van der Waals surface area contributed by atoms with E-state index < -0.39 is 5.60 Å². The van der Waals surface area contributed by atoms with Gasteiger partial charge in [-0.05, 0) is 19.1 Å². The second-order valence-corrected chi connectivity index (χ2v) is 6.74. The first-order valence-electron chi connectivity index (χ1n) is 6.27. The standard InChI is InChI=1S/C12H20N4OS2.HI/c1-9-6-19-10(16-9)5-14-11(13-2)15-7-12(17)3-4-18-8-12;/h6,17H,3-5,7-8H2,1-2H3,(H2,13,14,15);1H. The molecule has 1 atom stereocenters. The van der Waals surface area contributed by atoms with Crippen LogP contribution in [0.2, 0.25) is 0 Å². The van der Waals surface area contributed by atoms with Crippen LogP contribution in [0.15, 0.2) is 10.4 Å². The van der Waals surface area contributed by atoms with E-state index in [1.165, 1.54) is 0 Å². The normalized spacial score (nSPS) is 22.4. The van der Waals surface area contributed by atoms with Crippen molar-refractivity contribution in [3.63, 3.8) is 0 Å². The van der Waals surface area contributed by atoms with Gasteiger partial charge < -0.3 is 15.7 Å². The number of thioether (sulfide) groups is 1. The Labute approximate surface area is 145 Å². The molecule has 0 radical (unpaired) electrons. The summed E-state index contributed by atoms with van der Waals surface area (Å²) in [5.41, 5.74) is 0.446. The minimum Gasteiger partial charge on any atom is -0.387 e. The van der Waals surface area contributed by atoms with E-state index in [4.69, 9.17) is 0 Å². The minimum atomic E-state index is -0.597. The van der Waals surface area contributed by atoms with Crippen LogP contribution in [0.5, 0.6) is 0 Å². The molecule has 2 rings (SSSR count). The van der Waals surface area contributed by atoms with Crippen LogP contribution in [0.1, 0.15) is 17.1 Å². The van der Waals surface area contributed by atoms with Crippen molar-refractivity contribution in [1.29, 1.82) is 0 Å². The second-order valence-electron chi connectivity index (χ2n) is 4.69. The van der Waals surface area contributed by atoms with Crippen molar-refractivity contribution in [3.05, 3.63) is 16.1 Å². The Hall–Kier alpha value is -0.0600. The molecule has 1 aliphatic rings. The summed E-state index contributed by atoms with van der Waals surface area (Å²) in [6.45, 7) is 3.18. The highest BCUT2D eigenvalue weighted by molar-refractivity contribution is 14.0. The van der Waals surface area contributed by atoms with Gasteiger partial charge in [0.2, 0.25) is 0 Å². The van der Waals surface area contributed by atoms with Gasteiger partial charge in [-0.25, -0.2) is 4.98 Å². The Morgan fingerprint density at radius 1 is 1.55 bits per heavy atom. The van der Waals surface area contributed by atoms with E-state index >= 15 is 0 Å². The summed E-state index contributed by atoms with van der Waals surface area (Å²) in [5.74, 6) is 2.53. The van der Waals surface area contributed by atoms with Crippen molar-refractivity contribution in [2.75, 3.05) is 25.1 Å². The number of aryl methyl sites for hydroxylation is 1. The summed E-state index contributed by atoms with van der Waals surface area (Å²) in [6.07, 6.45) is 0.841. The highest BCUT2D eigenvalue weighted by Crippen LogP contribution is 2.26. The fraction of sp³-hybridized carbons (Fsp3) is 0.667. The molecule has 1 saturated heterocycles. The van der Waals surface area contributed by atoms with Gasteiger partial charge in [0.05, 0.1) is 12.1 Å².